The topological polar surface area (TPSA) is 93.7 Å². The van der Waals surface area contributed by atoms with Crippen molar-refractivity contribution >= 4 is 16.6 Å². The molecule has 4 heterocycles. The molecule has 0 atom stereocenters. The minimum absolute atomic E-state index is 0.151. The normalized spacial score (nSPS) is 14.6. The summed E-state index contributed by atoms with van der Waals surface area (Å²) in [5, 5.41) is 6.01. The highest BCUT2D eigenvalue weighted by Gasteiger charge is 2.34. The van der Waals surface area contributed by atoms with Gasteiger partial charge in [-0.25, -0.2) is 0 Å². The summed E-state index contributed by atoms with van der Waals surface area (Å²) >= 11 is 0. The Kier molecular flexibility index (Phi) is 4.81. The predicted molar refractivity (Wildman–Crippen MR) is 143 cm³/mol. The van der Waals surface area contributed by atoms with Crippen LogP contribution in [0.1, 0.15) is 24.8 Å². The van der Waals surface area contributed by atoms with Gasteiger partial charge in [-0.05, 0) is 60.7 Å². The van der Waals surface area contributed by atoms with Gasteiger partial charge in [0.2, 0.25) is 5.56 Å². The number of aromatic amines is 1. The van der Waals surface area contributed by atoms with Gasteiger partial charge in [-0.3, -0.25) is 9.78 Å². The van der Waals surface area contributed by atoms with E-state index in [9.17, 15) is 4.79 Å². The first kappa shape index (κ1) is 21.6. The molecule has 1 fully saturated rings. The summed E-state index contributed by atoms with van der Waals surface area (Å²) in [7, 11) is 0. The van der Waals surface area contributed by atoms with Crippen LogP contribution in [0.4, 0.5) is 0 Å². The second-order valence-electron chi connectivity index (χ2n) is 9.77. The van der Waals surface area contributed by atoms with Gasteiger partial charge in [0.1, 0.15) is 5.69 Å². The lowest BCUT2D eigenvalue weighted by atomic mass is 9.73. The highest BCUT2D eigenvalue weighted by atomic mass is 16.1. The van der Waals surface area contributed by atoms with Crippen molar-refractivity contribution in [3.8, 4) is 28.2 Å². The molecule has 2 aromatic carbocycles. The summed E-state index contributed by atoms with van der Waals surface area (Å²) < 4.78 is 4.00. The molecule has 1 aliphatic rings. The number of H-pyrrole nitrogens is 1. The van der Waals surface area contributed by atoms with Gasteiger partial charge in [0.15, 0.2) is 0 Å². The molecule has 3 N–H and O–H groups in total. The van der Waals surface area contributed by atoms with Crippen molar-refractivity contribution in [3.63, 3.8) is 0 Å². The third-order valence-corrected chi connectivity index (χ3v) is 7.47. The Morgan fingerprint density at radius 3 is 2.43 bits per heavy atom. The number of fused-ring (bicyclic) bond motifs is 3. The van der Waals surface area contributed by atoms with Gasteiger partial charge < -0.3 is 10.7 Å². The van der Waals surface area contributed by atoms with Crippen molar-refractivity contribution in [1.82, 2.24) is 19.7 Å². The molecular formula is C30H25N6O+. The van der Waals surface area contributed by atoms with Crippen LogP contribution in [0.5, 0.6) is 0 Å². The lowest BCUT2D eigenvalue weighted by Crippen LogP contribution is -2.43. The number of nitrogens with zero attached hydrogens (tertiary/aromatic N) is 4. The van der Waals surface area contributed by atoms with Crippen LogP contribution in [0, 0.1) is 0 Å². The second kappa shape index (κ2) is 8.21. The molecule has 0 radical (unpaired) electrons. The van der Waals surface area contributed by atoms with Crippen LogP contribution in [-0.4, -0.2) is 19.7 Å². The van der Waals surface area contributed by atoms with Crippen LogP contribution >= 0.6 is 0 Å². The molecule has 4 aromatic heterocycles. The van der Waals surface area contributed by atoms with E-state index in [0.29, 0.717) is 0 Å². The Labute approximate surface area is 212 Å². The van der Waals surface area contributed by atoms with Crippen LogP contribution in [0.25, 0.3) is 44.8 Å². The van der Waals surface area contributed by atoms with Gasteiger partial charge >= 0.3 is 5.82 Å². The molecule has 0 aliphatic heterocycles. The van der Waals surface area contributed by atoms with E-state index in [1.807, 2.05) is 41.3 Å². The zero-order chi connectivity index (χ0) is 25.0. The van der Waals surface area contributed by atoms with Crippen LogP contribution in [0.15, 0.2) is 102 Å². The Morgan fingerprint density at radius 1 is 0.919 bits per heavy atom. The van der Waals surface area contributed by atoms with Crippen LogP contribution in [-0.2, 0) is 5.54 Å². The van der Waals surface area contributed by atoms with E-state index in [-0.39, 0.29) is 11.1 Å². The maximum absolute atomic E-state index is 11.7. The minimum atomic E-state index is -0.220. The average molecular weight is 486 g/mol. The minimum Gasteiger partial charge on any atom is -0.328 e. The number of aromatic nitrogens is 5. The fraction of sp³-hybridized carbons (Fsp3) is 0.133. The van der Waals surface area contributed by atoms with Crippen molar-refractivity contribution in [2.75, 3.05) is 0 Å². The Bertz CT molecular complexity index is 1810. The predicted octanol–water partition coefficient (Wildman–Crippen LogP) is 4.52. The molecule has 7 heteroatoms. The van der Waals surface area contributed by atoms with Crippen molar-refractivity contribution in [2.24, 2.45) is 5.73 Å². The van der Waals surface area contributed by atoms with Gasteiger partial charge in [-0.15, -0.1) is 0 Å². The van der Waals surface area contributed by atoms with Gasteiger partial charge in [0.05, 0.1) is 27.8 Å². The zero-order valence-electron chi connectivity index (χ0n) is 20.1. The largest absolute Gasteiger partial charge is 0.328 e. The number of pyridine rings is 3. The maximum Gasteiger partial charge on any atom is 0.315 e. The van der Waals surface area contributed by atoms with E-state index < -0.39 is 0 Å². The Morgan fingerprint density at radius 2 is 1.73 bits per heavy atom. The fourth-order valence-electron chi connectivity index (χ4n) is 5.21. The molecule has 6 aromatic rings. The molecule has 1 saturated carbocycles. The Balaban J connectivity index is 1.49. The molecule has 7 rings (SSSR count). The number of benzene rings is 2. The van der Waals surface area contributed by atoms with E-state index >= 15 is 0 Å². The second-order valence-corrected chi connectivity index (χ2v) is 9.77. The number of nitrogens with one attached hydrogen (secondary N) is 1. The molecule has 0 unspecified atom stereocenters. The quantitative estimate of drug-likeness (QED) is 0.359. The number of rotatable bonds is 4. The van der Waals surface area contributed by atoms with Crippen molar-refractivity contribution in [1.29, 1.82) is 0 Å². The van der Waals surface area contributed by atoms with E-state index in [0.717, 1.165) is 63.2 Å². The van der Waals surface area contributed by atoms with Crippen LogP contribution in [0.2, 0.25) is 0 Å². The molecule has 0 bridgehead atoms. The van der Waals surface area contributed by atoms with Gasteiger partial charge in [-0.2, -0.15) is 4.40 Å². The lowest BCUT2D eigenvalue weighted by molar-refractivity contribution is -0.498. The van der Waals surface area contributed by atoms with E-state index in [1.54, 1.807) is 12.3 Å². The Hall–Kier alpha value is -4.62. The zero-order valence-corrected chi connectivity index (χ0v) is 20.1. The molecule has 1 aliphatic carbocycles. The van der Waals surface area contributed by atoms with Gasteiger partial charge in [0.25, 0.3) is 5.65 Å². The van der Waals surface area contributed by atoms with Crippen LogP contribution in [0.3, 0.4) is 0 Å². The molecule has 7 nitrogen and oxygen atoms in total. The fourth-order valence-corrected chi connectivity index (χ4v) is 5.21. The maximum atomic E-state index is 11.7. The summed E-state index contributed by atoms with van der Waals surface area (Å²) in [5.41, 5.74) is 13.0. The summed E-state index contributed by atoms with van der Waals surface area (Å²) in [6.07, 6.45) is 8.79. The monoisotopic (exact) mass is 485 g/mol. The smallest absolute Gasteiger partial charge is 0.315 e. The van der Waals surface area contributed by atoms with E-state index in [4.69, 9.17) is 15.8 Å². The molecule has 0 amide bonds. The van der Waals surface area contributed by atoms with E-state index in [2.05, 4.69) is 51.8 Å². The molecule has 37 heavy (non-hydrogen) atoms. The SMILES string of the molecule is NC1(c2ccc(-n3nc(-c4ccc(=O)[nH]c4)[n+]4ccc5ncc(-c6ccccc6)cc5c34)cc2)CCC1. The van der Waals surface area contributed by atoms with Gasteiger partial charge in [0, 0.05) is 29.6 Å². The van der Waals surface area contributed by atoms with Crippen molar-refractivity contribution < 1.29 is 4.40 Å². The summed E-state index contributed by atoms with van der Waals surface area (Å²) in [6.45, 7) is 0. The molecule has 0 saturated heterocycles. The first-order valence-corrected chi connectivity index (χ1v) is 12.5. The summed E-state index contributed by atoms with van der Waals surface area (Å²) in [4.78, 5) is 19.3. The van der Waals surface area contributed by atoms with Crippen molar-refractivity contribution in [2.45, 2.75) is 24.8 Å². The molecular weight excluding hydrogens is 460 g/mol. The molecule has 180 valence electrons. The number of hydrogen-bond acceptors (Lipinski definition) is 4. The first-order chi connectivity index (χ1) is 18.1. The highest BCUT2D eigenvalue weighted by Crippen LogP contribution is 2.39. The summed E-state index contributed by atoms with van der Waals surface area (Å²) in [6, 6.07) is 26.1. The number of nitrogens with two attached hydrogens (primary N) is 1. The van der Waals surface area contributed by atoms with Crippen molar-refractivity contribution in [3.05, 3.63) is 113 Å². The average Bonchev–Trinajstić information content (AvgIpc) is 3.33. The first-order valence-electron chi connectivity index (χ1n) is 12.5. The third kappa shape index (κ3) is 3.55. The third-order valence-electron chi connectivity index (χ3n) is 7.47. The van der Waals surface area contributed by atoms with Gasteiger partial charge in [-0.1, -0.05) is 47.1 Å². The summed E-state index contributed by atoms with van der Waals surface area (Å²) in [5.74, 6) is 0.719. The molecule has 0 spiro atoms. The van der Waals surface area contributed by atoms with E-state index in [1.165, 1.54) is 12.5 Å². The van der Waals surface area contributed by atoms with Crippen LogP contribution < -0.4 is 15.7 Å². The number of hydrogen-bond donors (Lipinski definition) is 2. The lowest BCUT2D eigenvalue weighted by Gasteiger charge is -2.38. The highest BCUT2D eigenvalue weighted by molar-refractivity contribution is 5.93. The standard InChI is InChI=1S/C30H24N6O/c31-30(14-4-15-30)23-8-10-24(11-9-23)36-29-25-17-22(20-5-2-1-3-6-20)19-32-26(25)13-16-35(29)28(34-36)21-7-12-27(37)33-18-21/h1-3,5-13,16-19H,4,14-15,31H2/p+1.